The second kappa shape index (κ2) is 5.92. The first-order valence-corrected chi connectivity index (χ1v) is 4.83. The zero-order chi connectivity index (χ0) is 12.0. The molecule has 0 saturated heterocycles. The zero-order valence-corrected chi connectivity index (χ0v) is 9.25. The summed E-state index contributed by atoms with van der Waals surface area (Å²) in [6, 6.07) is 4.50. The van der Waals surface area contributed by atoms with Gasteiger partial charge in [-0.1, -0.05) is 0 Å². The lowest BCUT2D eigenvalue weighted by molar-refractivity contribution is 0.386. The smallest absolute Gasteiger partial charge is 0.210 e. The number of aliphatic imine (C=N–C) groups is 1. The van der Waals surface area contributed by atoms with Gasteiger partial charge in [-0.2, -0.15) is 0 Å². The largest absolute Gasteiger partial charge is 0.494 e. The fourth-order valence-electron chi connectivity index (χ4n) is 1.16. The lowest BCUT2D eigenvalue weighted by atomic mass is 10.3. The summed E-state index contributed by atoms with van der Waals surface area (Å²) >= 11 is 0. The van der Waals surface area contributed by atoms with Crippen LogP contribution in [0, 0.1) is 5.82 Å². The van der Waals surface area contributed by atoms with Crippen molar-refractivity contribution in [2.75, 3.05) is 19.0 Å². The Bertz CT molecular complexity index is 381. The molecule has 16 heavy (non-hydrogen) atoms. The maximum absolute atomic E-state index is 13.3. The molecule has 1 aromatic rings. The number of hydrogen-bond acceptors (Lipinski definition) is 3. The molecule has 0 fully saturated rings. The Balaban J connectivity index is 2.82. The number of guanidine groups is 1. The van der Waals surface area contributed by atoms with Crippen molar-refractivity contribution in [1.29, 1.82) is 0 Å². The van der Waals surface area contributed by atoms with E-state index < -0.39 is 5.82 Å². The van der Waals surface area contributed by atoms with Crippen LogP contribution in [-0.4, -0.2) is 19.6 Å². The molecule has 0 amide bonds. The first kappa shape index (κ1) is 12.3. The average molecular weight is 226 g/mol. The molecular weight excluding hydrogens is 211 g/mol. The standard InChI is InChI=1S/C10H15FN4O/c1-3-13-10(15-12)14-7-4-5-9(16-2)8(11)6-7/h4-6H,3,12H2,1-2H3,(H2,13,14,15). The summed E-state index contributed by atoms with van der Waals surface area (Å²) in [6.45, 7) is 2.44. The van der Waals surface area contributed by atoms with Crippen molar-refractivity contribution in [2.24, 2.45) is 10.8 Å². The molecule has 5 nitrogen and oxygen atoms in total. The van der Waals surface area contributed by atoms with Crippen LogP contribution in [0.1, 0.15) is 6.92 Å². The van der Waals surface area contributed by atoms with E-state index in [1.807, 2.05) is 6.92 Å². The van der Waals surface area contributed by atoms with Gasteiger partial charge in [-0.3, -0.25) is 10.4 Å². The van der Waals surface area contributed by atoms with Crippen LogP contribution in [0.3, 0.4) is 0 Å². The summed E-state index contributed by atoms with van der Waals surface area (Å²) in [4.78, 5) is 4.03. The van der Waals surface area contributed by atoms with Gasteiger partial charge in [0.15, 0.2) is 11.6 Å². The minimum atomic E-state index is -0.444. The van der Waals surface area contributed by atoms with E-state index in [1.54, 1.807) is 6.07 Å². The van der Waals surface area contributed by atoms with Crippen LogP contribution in [0.2, 0.25) is 0 Å². The van der Waals surface area contributed by atoms with Crippen molar-refractivity contribution in [1.82, 2.24) is 5.43 Å². The fraction of sp³-hybridized carbons (Fsp3) is 0.300. The first-order valence-electron chi connectivity index (χ1n) is 4.83. The molecule has 0 aliphatic carbocycles. The van der Waals surface area contributed by atoms with Crippen LogP contribution < -0.4 is 21.3 Å². The van der Waals surface area contributed by atoms with Gasteiger partial charge >= 0.3 is 0 Å². The number of ether oxygens (including phenoxy) is 1. The highest BCUT2D eigenvalue weighted by atomic mass is 19.1. The molecular formula is C10H15FN4O. The molecule has 0 unspecified atom stereocenters. The Labute approximate surface area is 93.5 Å². The molecule has 6 heteroatoms. The normalized spacial score (nSPS) is 11.1. The van der Waals surface area contributed by atoms with Crippen LogP contribution >= 0.6 is 0 Å². The predicted molar refractivity (Wildman–Crippen MR) is 61.9 cm³/mol. The van der Waals surface area contributed by atoms with E-state index in [9.17, 15) is 4.39 Å². The summed E-state index contributed by atoms with van der Waals surface area (Å²) in [5.74, 6) is 5.37. The van der Waals surface area contributed by atoms with E-state index in [-0.39, 0.29) is 5.75 Å². The summed E-state index contributed by atoms with van der Waals surface area (Å²) < 4.78 is 18.1. The third-order valence-electron chi connectivity index (χ3n) is 1.87. The van der Waals surface area contributed by atoms with E-state index >= 15 is 0 Å². The van der Waals surface area contributed by atoms with Crippen LogP contribution in [0.4, 0.5) is 10.1 Å². The van der Waals surface area contributed by atoms with Gasteiger partial charge in [0.25, 0.3) is 0 Å². The van der Waals surface area contributed by atoms with Crippen LogP contribution in [0.25, 0.3) is 0 Å². The molecule has 0 radical (unpaired) electrons. The van der Waals surface area contributed by atoms with Gasteiger partial charge in [-0.05, 0) is 19.1 Å². The van der Waals surface area contributed by atoms with Crippen molar-refractivity contribution >= 4 is 11.6 Å². The lowest BCUT2D eigenvalue weighted by Crippen LogP contribution is -2.36. The number of methoxy groups -OCH3 is 1. The highest BCUT2D eigenvalue weighted by Gasteiger charge is 2.04. The molecule has 0 aliphatic heterocycles. The SMILES string of the molecule is CCN=C(NN)Nc1ccc(OC)c(F)c1. The van der Waals surface area contributed by atoms with E-state index in [4.69, 9.17) is 10.6 Å². The van der Waals surface area contributed by atoms with E-state index in [0.717, 1.165) is 0 Å². The number of halogens is 1. The van der Waals surface area contributed by atoms with Crippen molar-refractivity contribution in [3.8, 4) is 5.75 Å². The topological polar surface area (TPSA) is 71.7 Å². The van der Waals surface area contributed by atoms with Crippen molar-refractivity contribution in [2.45, 2.75) is 6.92 Å². The van der Waals surface area contributed by atoms with Gasteiger partial charge in [0.05, 0.1) is 7.11 Å². The zero-order valence-electron chi connectivity index (χ0n) is 9.25. The second-order valence-electron chi connectivity index (χ2n) is 2.94. The molecule has 0 bridgehead atoms. The minimum absolute atomic E-state index is 0.195. The van der Waals surface area contributed by atoms with E-state index in [1.165, 1.54) is 19.2 Å². The average Bonchev–Trinajstić information content (AvgIpc) is 2.28. The lowest BCUT2D eigenvalue weighted by Gasteiger charge is -2.09. The Kier molecular flexibility index (Phi) is 4.53. The van der Waals surface area contributed by atoms with Crippen molar-refractivity contribution in [3.05, 3.63) is 24.0 Å². The number of rotatable bonds is 3. The molecule has 88 valence electrons. The number of hydrazine groups is 1. The summed E-state index contributed by atoms with van der Waals surface area (Å²) in [7, 11) is 1.41. The van der Waals surface area contributed by atoms with Gasteiger partial charge in [0.1, 0.15) is 0 Å². The Hall–Kier alpha value is -1.82. The molecule has 4 N–H and O–H groups in total. The molecule has 0 spiro atoms. The highest BCUT2D eigenvalue weighted by Crippen LogP contribution is 2.20. The van der Waals surface area contributed by atoms with Gasteiger partial charge in [0.2, 0.25) is 5.96 Å². The molecule has 0 saturated carbocycles. The van der Waals surface area contributed by atoms with E-state index in [0.29, 0.717) is 18.2 Å². The van der Waals surface area contributed by atoms with Crippen LogP contribution in [0.15, 0.2) is 23.2 Å². The van der Waals surface area contributed by atoms with Crippen molar-refractivity contribution in [3.63, 3.8) is 0 Å². The number of nitrogens with two attached hydrogens (primary N) is 1. The third kappa shape index (κ3) is 3.09. The number of nitrogens with zero attached hydrogens (tertiary/aromatic N) is 1. The van der Waals surface area contributed by atoms with Crippen LogP contribution in [-0.2, 0) is 0 Å². The molecule has 0 aliphatic rings. The maximum Gasteiger partial charge on any atom is 0.210 e. The first-order chi connectivity index (χ1) is 7.71. The van der Waals surface area contributed by atoms with Gasteiger partial charge < -0.3 is 10.1 Å². The van der Waals surface area contributed by atoms with Gasteiger partial charge in [-0.15, -0.1) is 0 Å². The number of benzene rings is 1. The Morgan fingerprint density at radius 2 is 2.31 bits per heavy atom. The van der Waals surface area contributed by atoms with E-state index in [2.05, 4.69) is 15.7 Å². The van der Waals surface area contributed by atoms with Gasteiger partial charge in [0, 0.05) is 18.3 Å². The number of nitrogens with one attached hydrogen (secondary N) is 2. The summed E-state index contributed by atoms with van der Waals surface area (Å²) in [5.41, 5.74) is 2.93. The molecule has 1 rings (SSSR count). The molecule has 0 aromatic heterocycles. The quantitative estimate of drug-likeness (QED) is 0.312. The highest BCUT2D eigenvalue weighted by molar-refractivity contribution is 5.93. The number of anilines is 1. The minimum Gasteiger partial charge on any atom is -0.494 e. The number of hydrogen-bond donors (Lipinski definition) is 3. The monoisotopic (exact) mass is 226 g/mol. The molecule has 0 atom stereocenters. The summed E-state index contributed by atoms with van der Waals surface area (Å²) in [5, 5.41) is 2.84. The molecule has 1 aromatic carbocycles. The summed E-state index contributed by atoms with van der Waals surface area (Å²) in [6.07, 6.45) is 0. The molecule has 0 heterocycles. The predicted octanol–water partition coefficient (Wildman–Crippen LogP) is 1.09. The Morgan fingerprint density at radius 3 is 2.81 bits per heavy atom. The van der Waals surface area contributed by atoms with Gasteiger partial charge in [-0.25, -0.2) is 10.2 Å². The second-order valence-corrected chi connectivity index (χ2v) is 2.94. The fourth-order valence-corrected chi connectivity index (χ4v) is 1.16. The maximum atomic E-state index is 13.3. The van der Waals surface area contributed by atoms with Crippen molar-refractivity contribution < 1.29 is 9.13 Å². The Morgan fingerprint density at radius 1 is 1.56 bits per heavy atom. The third-order valence-corrected chi connectivity index (χ3v) is 1.87. The van der Waals surface area contributed by atoms with Crippen LogP contribution in [0.5, 0.6) is 5.75 Å².